The second-order valence-corrected chi connectivity index (χ2v) is 3.48. The Morgan fingerprint density at radius 1 is 1.53 bits per heavy atom. The molecule has 0 aromatic heterocycles. The van der Waals surface area contributed by atoms with Crippen molar-refractivity contribution in [2.24, 2.45) is 0 Å². The van der Waals surface area contributed by atoms with E-state index < -0.39 is 11.4 Å². The lowest BCUT2D eigenvalue weighted by Crippen LogP contribution is -2.37. The highest BCUT2D eigenvalue weighted by Crippen LogP contribution is 2.28. The van der Waals surface area contributed by atoms with E-state index in [1.165, 1.54) is 18.4 Å². The van der Waals surface area contributed by atoms with Crippen LogP contribution in [0.25, 0.3) is 0 Å². The van der Waals surface area contributed by atoms with Gasteiger partial charge in [-0.2, -0.15) is 0 Å². The molecule has 0 spiro atoms. The van der Waals surface area contributed by atoms with Gasteiger partial charge in [-0.3, -0.25) is 9.59 Å². The topological polar surface area (TPSA) is 54.4 Å². The molecule has 0 bridgehead atoms. The number of ketones is 1. The Morgan fingerprint density at radius 3 is 2.60 bits per heavy atom. The first kappa shape index (κ1) is 11.9. The minimum Gasteiger partial charge on any atom is -0.371 e. The van der Waals surface area contributed by atoms with E-state index in [-0.39, 0.29) is 17.0 Å². The smallest absolute Gasteiger partial charge is 0.246 e. The van der Waals surface area contributed by atoms with Crippen LogP contribution in [0.5, 0.6) is 0 Å². The van der Waals surface area contributed by atoms with E-state index in [9.17, 15) is 14.7 Å². The normalized spacial score (nSPS) is 14.3. The van der Waals surface area contributed by atoms with Crippen molar-refractivity contribution in [2.45, 2.75) is 18.9 Å². The molecule has 1 aromatic carbocycles. The molecular formula is C11H10ClO3. The van der Waals surface area contributed by atoms with Gasteiger partial charge in [0.05, 0.1) is 0 Å². The third-order valence-electron chi connectivity index (χ3n) is 2.14. The maximum atomic E-state index is 11.4. The first-order valence-corrected chi connectivity index (χ1v) is 4.84. The molecule has 3 nitrogen and oxygen atoms in total. The fourth-order valence-corrected chi connectivity index (χ4v) is 1.55. The highest BCUT2D eigenvalue weighted by Gasteiger charge is 2.38. The molecule has 0 heterocycles. The van der Waals surface area contributed by atoms with E-state index in [0.717, 1.165) is 0 Å². The standard InChI is InChI=1S/C11H10ClO3/c1-2-10(14)11(15,7-13)8-5-3-4-6-9(8)12/h3-6,15H,2H2,1H3. The minimum absolute atomic E-state index is 0.0387. The monoisotopic (exact) mass is 225 g/mol. The summed E-state index contributed by atoms with van der Waals surface area (Å²) >= 11 is 5.80. The summed E-state index contributed by atoms with van der Waals surface area (Å²) in [6.45, 7) is 1.56. The molecule has 0 aliphatic carbocycles. The van der Waals surface area contributed by atoms with Gasteiger partial charge < -0.3 is 5.11 Å². The number of benzene rings is 1. The van der Waals surface area contributed by atoms with E-state index in [2.05, 4.69) is 0 Å². The molecule has 1 N–H and O–H groups in total. The van der Waals surface area contributed by atoms with Crippen LogP contribution in [0, 0.1) is 0 Å². The highest BCUT2D eigenvalue weighted by atomic mass is 35.5. The summed E-state index contributed by atoms with van der Waals surface area (Å²) in [6, 6.07) is 6.17. The fourth-order valence-electron chi connectivity index (χ4n) is 1.27. The lowest BCUT2D eigenvalue weighted by Gasteiger charge is -2.20. The van der Waals surface area contributed by atoms with Crippen molar-refractivity contribution in [3.8, 4) is 0 Å². The van der Waals surface area contributed by atoms with E-state index >= 15 is 0 Å². The number of hydrogen-bond donors (Lipinski definition) is 1. The number of carbonyl (C=O) groups is 1. The Labute approximate surface area is 92.7 Å². The number of rotatable bonds is 4. The molecule has 1 atom stereocenters. The average molecular weight is 226 g/mol. The van der Waals surface area contributed by atoms with Crippen LogP contribution >= 0.6 is 11.6 Å². The average Bonchev–Trinajstić information content (AvgIpc) is 2.27. The number of hydrogen-bond acceptors (Lipinski definition) is 3. The van der Waals surface area contributed by atoms with Crippen molar-refractivity contribution >= 4 is 23.7 Å². The zero-order chi connectivity index (χ0) is 11.5. The molecule has 0 aliphatic heterocycles. The van der Waals surface area contributed by atoms with Crippen LogP contribution in [-0.2, 0) is 15.2 Å². The summed E-state index contributed by atoms with van der Waals surface area (Å²) in [5.41, 5.74) is -2.17. The van der Waals surface area contributed by atoms with E-state index in [0.29, 0.717) is 0 Å². The van der Waals surface area contributed by atoms with Crippen molar-refractivity contribution in [1.82, 2.24) is 0 Å². The van der Waals surface area contributed by atoms with Crippen LogP contribution in [0.2, 0.25) is 5.02 Å². The second kappa shape index (κ2) is 4.55. The quantitative estimate of drug-likeness (QED) is 0.793. The molecule has 0 aliphatic rings. The largest absolute Gasteiger partial charge is 0.371 e. The molecule has 0 fully saturated rings. The molecule has 0 saturated carbocycles. The molecule has 1 radical (unpaired) electrons. The Bertz CT molecular complexity index is 389. The van der Waals surface area contributed by atoms with Gasteiger partial charge in [-0.25, -0.2) is 0 Å². The fraction of sp³-hybridized carbons (Fsp3) is 0.273. The van der Waals surface area contributed by atoms with Crippen molar-refractivity contribution in [3.05, 3.63) is 34.9 Å². The van der Waals surface area contributed by atoms with Gasteiger partial charge in [0, 0.05) is 17.0 Å². The van der Waals surface area contributed by atoms with Gasteiger partial charge in [-0.1, -0.05) is 36.7 Å². The number of halogens is 1. The molecule has 0 saturated heterocycles. The highest BCUT2D eigenvalue weighted by molar-refractivity contribution is 6.32. The molecule has 15 heavy (non-hydrogen) atoms. The zero-order valence-electron chi connectivity index (χ0n) is 8.16. The summed E-state index contributed by atoms with van der Waals surface area (Å²) in [7, 11) is 0. The predicted octanol–water partition coefficient (Wildman–Crippen LogP) is 1.62. The predicted molar refractivity (Wildman–Crippen MR) is 56.3 cm³/mol. The Morgan fingerprint density at radius 2 is 2.13 bits per heavy atom. The van der Waals surface area contributed by atoms with Gasteiger partial charge in [-0.15, -0.1) is 0 Å². The summed E-state index contributed by atoms with van der Waals surface area (Å²) in [5.74, 6) is -0.620. The Kier molecular flexibility index (Phi) is 3.61. The SMILES string of the molecule is CCC(=O)C(O)([C]=O)c1ccccc1Cl. The van der Waals surface area contributed by atoms with Crippen LogP contribution in [0.15, 0.2) is 24.3 Å². The van der Waals surface area contributed by atoms with E-state index in [4.69, 9.17) is 11.6 Å². The van der Waals surface area contributed by atoms with Crippen LogP contribution in [0.3, 0.4) is 0 Å². The van der Waals surface area contributed by atoms with E-state index in [1.54, 1.807) is 19.1 Å². The molecule has 4 heteroatoms. The number of Topliss-reactive ketones (excluding diaryl/α,β-unsaturated/α-hetero) is 1. The van der Waals surface area contributed by atoms with Crippen LogP contribution in [-0.4, -0.2) is 17.2 Å². The summed E-state index contributed by atoms with van der Waals surface area (Å²) < 4.78 is 0. The molecule has 1 rings (SSSR count). The number of carbonyl (C=O) groups excluding carboxylic acids is 2. The Hall–Kier alpha value is -1.19. The molecule has 1 aromatic rings. The summed E-state index contributed by atoms with van der Waals surface area (Å²) in [4.78, 5) is 22.2. The lowest BCUT2D eigenvalue weighted by molar-refractivity contribution is -0.131. The zero-order valence-corrected chi connectivity index (χ0v) is 8.91. The summed E-state index contributed by atoms with van der Waals surface area (Å²) in [5, 5.41) is 10.1. The van der Waals surface area contributed by atoms with Crippen LogP contribution in [0.4, 0.5) is 0 Å². The lowest BCUT2D eigenvalue weighted by atomic mass is 9.89. The maximum Gasteiger partial charge on any atom is 0.246 e. The molecule has 0 amide bonds. The molecule has 1 unspecified atom stereocenters. The van der Waals surface area contributed by atoms with E-state index in [1.807, 2.05) is 0 Å². The van der Waals surface area contributed by atoms with Gasteiger partial charge in [0.2, 0.25) is 11.9 Å². The maximum absolute atomic E-state index is 11.4. The first-order valence-electron chi connectivity index (χ1n) is 4.46. The second-order valence-electron chi connectivity index (χ2n) is 3.07. The molecular weight excluding hydrogens is 216 g/mol. The van der Waals surface area contributed by atoms with Crippen molar-refractivity contribution in [3.63, 3.8) is 0 Å². The van der Waals surface area contributed by atoms with Crippen molar-refractivity contribution in [1.29, 1.82) is 0 Å². The third kappa shape index (κ3) is 2.08. The van der Waals surface area contributed by atoms with Crippen molar-refractivity contribution in [2.75, 3.05) is 0 Å². The van der Waals surface area contributed by atoms with Gasteiger partial charge in [-0.05, 0) is 6.07 Å². The van der Waals surface area contributed by atoms with Gasteiger partial charge in [0.25, 0.3) is 0 Å². The van der Waals surface area contributed by atoms with Gasteiger partial charge >= 0.3 is 0 Å². The minimum atomic E-state index is -2.24. The first-order chi connectivity index (χ1) is 7.06. The van der Waals surface area contributed by atoms with Crippen LogP contribution in [0.1, 0.15) is 18.9 Å². The van der Waals surface area contributed by atoms with Gasteiger partial charge in [0.15, 0.2) is 5.78 Å². The summed E-state index contributed by atoms with van der Waals surface area (Å²) in [6.07, 6.45) is 1.40. The molecule has 79 valence electrons. The van der Waals surface area contributed by atoms with Crippen molar-refractivity contribution < 1.29 is 14.7 Å². The Balaban J connectivity index is 3.29. The number of aliphatic hydroxyl groups is 1. The van der Waals surface area contributed by atoms with Gasteiger partial charge in [0.1, 0.15) is 0 Å². The third-order valence-corrected chi connectivity index (χ3v) is 2.47. The van der Waals surface area contributed by atoms with Crippen LogP contribution < -0.4 is 0 Å².